The summed E-state index contributed by atoms with van der Waals surface area (Å²) in [5, 5.41) is 18.2. The minimum absolute atomic E-state index is 0.0131. The van der Waals surface area contributed by atoms with Crippen LogP contribution < -0.4 is 0 Å². The zero-order valence-corrected chi connectivity index (χ0v) is 10.0. The molecule has 3 unspecified atom stereocenters. The van der Waals surface area contributed by atoms with Gasteiger partial charge in [-0.25, -0.2) is 4.98 Å². The Morgan fingerprint density at radius 2 is 2.29 bits per heavy atom. The third-order valence-corrected chi connectivity index (χ3v) is 3.79. The first kappa shape index (κ1) is 11.7. The van der Waals surface area contributed by atoms with Gasteiger partial charge in [0.15, 0.2) is 0 Å². The van der Waals surface area contributed by atoms with Crippen molar-refractivity contribution >= 4 is 0 Å². The number of rotatable bonds is 2. The normalized spacial score (nSPS) is 28.3. The lowest BCUT2D eigenvalue weighted by atomic mass is 9.77. The minimum atomic E-state index is 0.0131. The second kappa shape index (κ2) is 5.01. The second-order valence-electron chi connectivity index (χ2n) is 4.66. The molecule has 2 rings (SSSR count). The zero-order valence-electron chi connectivity index (χ0n) is 10.0. The van der Waals surface area contributed by atoms with Crippen molar-refractivity contribution in [2.75, 3.05) is 0 Å². The van der Waals surface area contributed by atoms with Crippen LogP contribution in [0.25, 0.3) is 0 Å². The van der Waals surface area contributed by atoms with Crippen molar-refractivity contribution in [3.63, 3.8) is 0 Å². The maximum Gasteiger partial charge on any atom is 0.213 e. The van der Waals surface area contributed by atoms with E-state index in [2.05, 4.69) is 24.0 Å². The molecule has 1 aromatic rings. The number of nitrogens with zero attached hydrogens (tertiary/aromatic N) is 4. The van der Waals surface area contributed by atoms with Gasteiger partial charge in [0.05, 0.1) is 18.0 Å². The molecule has 0 N–H and O–H groups in total. The summed E-state index contributed by atoms with van der Waals surface area (Å²) in [6, 6.07) is 4.59. The van der Waals surface area contributed by atoms with Crippen LogP contribution in [0.2, 0.25) is 0 Å². The summed E-state index contributed by atoms with van der Waals surface area (Å²) in [5.41, 5.74) is 0. The Morgan fingerprint density at radius 1 is 1.47 bits per heavy atom. The van der Waals surface area contributed by atoms with Gasteiger partial charge < -0.3 is 4.57 Å². The maximum atomic E-state index is 9.22. The van der Waals surface area contributed by atoms with Crippen LogP contribution in [-0.2, 0) is 0 Å². The van der Waals surface area contributed by atoms with Gasteiger partial charge in [-0.05, 0) is 25.2 Å². The standard InChI is InChI=1S/C13H16N4/c1-2-10-3-4-11(8-14)12(7-10)17-6-5-16-13(17)9-15/h5-6,10-12H,2-4,7H2,1H3. The van der Waals surface area contributed by atoms with E-state index in [1.54, 1.807) is 6.20 Å². The van der Waals surface area contributed by atoms with Crippen molar-refractivity contribution in [3.05, 3.63) is 18.2 Å². The van der Waals surface area contributed by atoms with E-state index in [1.165, 1.54) is 0 Å². The average Bonchev–Trinajstić information content (AvgIpc) is 2.86. The Morgan fingerprint density at radius 3 is 2.94 bits per heavy atom. The molecule has 1 aliphatic carbocycles. The summed E-state index contributed by atoms with van der Waals surface area (Å²) < 4.78 is 1.88. The van der Waals surface area contributed by atoms with Gasteiger partial charge in [-0.15, -0.1) is 0 Å². The van der Waals surface area contributed by atoms with Crippen molar-refractivity contribution in [3.8, 4) is 12.1 Å². The summed E-state index contributed by atoms with van der Waals surface area (Å²) in [4.78, 5) is 4.02. The van der Waals surface area contributed by atoms with E-state index in [1.807, 2.05) is 10.8 Å². The van der Waals surface area contributed by atoms with Gasteiger partial charge in [0, 0.05) is 12.4 Å². The summed E-state index contributed by atoms with van der Waals surface area (Å²) in [5.74, 6) is 1.10. The van der Waals surface area contributed by atoms with Crippen LogP contribution in [0.3, 0.4) is 0 Å². The molecule has 1 saturated carbocycles. The highest BCUT2D eigenvalue weighted by Crippen LogP contribution is 2.38. The highest BCUT2D eigenvalue weighted by molar-refractivity contribution is 5.14. The molecule has 0 amide bonds. The molecule has 4 heteroatoms. The molecule has 4 nitrogen and oxygen atoms in total. The average molecular weight is 228 g/mol. The van der Waals surface area contributed by atoms with E-state index in [9.17, 15) is 5.26 Å². The molecule has 88 valence electrons. The Bertz CT molecular complexity index is 462. The molecular formula is C13H16N4. The van der Waals surface area contributed by atoms with Crippen LogP contribution in [0.5, 0.6) is 0 Å². The molecule has 0 aliphatic heterocycles. The predicted molar refractivity (Wildman–Crippen MR) is 62.7 cm³/mol. The van der Waals surface area contributed by atoms with Crippen molar-refractivity contribution in [2.24, 2.45) is 11.8 Å². The Balaban J connectivity index is 2.28. The van der Waals surface area contributed by atoms with Gasteiger partial charge in [-0.3, -0.25) is 0 Å². The molecule has 3 atom stereocenters. The van der Waals surface area contributed by atoms with Gasteiger partial charge in [-0.2, -0.15) is 10.5 Å². The first-order valence-electron chi connectivity index (χ1n) is 6.12. The van der Waals surface area contributed by atoms with Crippen molar-refractivity contribution < 1.29 is 0 Å². The van der Waals surface area contributed by atoms with Crippen LogP contribution in [0.15, 0.2) is 12.4 Å². The summed E-state index contributed by atoms with van der Waals surface area (Å²) in [7, 11) is 0. The fourth-order valence-electron chi connectivity index (χ4n) is 2.73. The third kappa shape index (κ3) is 2.17. The molecule has 1 aromatic heterocycles. The lowest BCUT2D eigenvalue weighted by molar-refractivity contribution is 0.215. The van der Waals surface area contributed by atoms with Crippen LogP contribution in [-0.4, -0.2) is 9.55 Å². The Hall–Kier alpha value is -1.81. The highest BCUT2D eigenvalue weighted by atomic mass is 15.1. The summed E-state index contributed by atoms with van der Waals surface area (Å²) >= 11 is 0. The predicted octanol–water partition coefficient (Wildman–Crippen LogP) is 2.65. The van der Waals surface area contributed by atoms with Crippen molar-refractivity contribution in [2.45, 2.75) is 38.6 Å². The number of nitriles is 2. The van der Waals surface area contributed by atoms with Gasteiger partial charge in [0.25, 0.3) is 0 Å². The molecule has 17 heavy (non-hydrogen) atoms. The Labute approximate surface area is 101 Å². The molecule has 0 saturated heterocycles. The van der Waals surface area contributed by atoms with Crippen molar-refractivity contribution in [1.29, 1.82) is 10.5 Å². The van der Waals surface area contributed by atoms with Crippen molar-refractivity contribution in [1.82, 2.24) is 9.55 Å². The van der Waals surface area contributed by atoms with Crippen LogP contribution in [0.4, 0.5) is 0 Å². The monoisotopic (exact) mass is 228 g/mol. The molecule has 0 bridgehead atoms. The van der Waals surface area contributed by atoms with E-state index in [0.717, 1.165) is 25.7 Å². The molecule has 0 aromatic carbocycles. The Kier molecular flexibility index (Phi) is 3.44. The molecule has 1 fully saturated rings. The van der Waals surface area contributed by atoms with E-state index in [0.29, 0.717) is 11.7 Å². The first-order valence-corrected chi connectivity index (χ1v) is 6.12. The molecular weight excluding hydrogens is 212 g/mol. The first-order chi connectivity index (χ1) is 8.30. The molecule has 0 spiro atoms. The number of hydrogen-bond acceptors (Lipinski definition) is 3. The highest BCUT2D eigenvalue weighted by Gasteiger charge is 2.31. The van der Waals surface area contributed by atoms with E-state index in [-0.39, 0.29) is 12.0 Å². The van der Waals surface area contributed by atoms with E-state index >= 15 is 0 Å². The van der Waals surface area contributed by atoms with Crippen LogP contribution in [0.1, 0.15) is 44.5 Å². The number of imidazole rings is 1. The zero-order chi connectivity index (χ0) is 12.3. The number of hydrogen-bond donors (Lipinski definition) is 0. The number of aromatic nitrogens is 2. The van der Waals surface area contributed by atoms with Gasteiger partial charge in [-0.1, -0.05) is 13.3 Å². The third-order valence-electron chi connectivity index (χ3n) is 3.79. The quantitative estimate of drug-likeness (QED) is 0.781. The second-order valence-corrected chi connectivity index (χ2v) is 4.66. The smallest absolute Gasteiger partial charge is 0.213 e. The molecule has 1 heterocycles. The fourth-order valence-corrected chi connectivity index (χ4v) is 2.73. The molecule has 0 radical (unpaired) electrons. The topological polar surface area (TPSA) is 65.4 Å². The SMILES string of the molecule is CCC1CCC(C#N)C(n2ccnc2C#N)C1. The maximum absolute atomic E-state index is 9.22. The lowest BCUT2D eigenvalue weighted by Crippen LogP contribution is -2.27. The van der Waals surface area contributed by atoms with Gasteiger partial charge in [0.1, 0.15) is 6.07 Å². The summed E-state index contributed by atoms with van der Waals surface area (Å²) in [6.45, 7) is 2.19. The lowest BCUT2D eigenvalue weighted by Gasteiger charge is -2.33. The largest absolute Gasteiger partial charge is 0.318 e. The van der Waals surface area contributed by atoms with Gasteiger partial charge in [0.2, 0.25) is 5.82 Å². The van der Waals surface area contributed by atoms with E-state index in [4.69, 9.17) is 5.26 Å². The fraction of sp³-hybridized carbons (Fsp3) is 0.615. The van der Waals surface area contributed by atoms with Crippen LogP contribution >= 0.6 is 0 Å². The minimum Gasteiger partial charge on any atom is -0.318 e. The van der Waals surface area contributed by atoms with Gasteiger partial charge >= 0.3 is 0 Å². The van der Waals surface area contributed by atoms with E-state index < -0.39 is 0 Å². The van der Waals surface area contributed by atoms with Crippen LogP contribution in [0, 0.1) is 34.5 Å². The molecule has 1 aliphatic rings. The summed E-state index contributed by atoms with van der Waals surface area (Å²) in [6.07, 6.45) is 7.66.